The van der Waals surface area contributed by atoms with Crippen LogP contribution in [0.25, 0.3) is 10.8 Å². The van der Waals surface area contributed by atoms with Crippen molar-refractivity contribution in [2.45, 2.75) is 27.7 Å². The van der Waals surface area contributed by atoms with Crippen molar-refractivity contribution >= 4 is 22.3 Å². The molecule has 2 aromatic carbocycles. The summed E-state index contributed by atoms with van der Waals surface area (Å²) < 4.78 is 0. The van der Waals surface area contributed by atoms with Gasteiger partial charge in [0.1, 0.15) is 0 Å². The Hall–Kier alpha value is -1.96. The van der Waals surface area contributed by atoms with E-state index in [2.05, 4.69) is 0 Å². The van der Waals surface area contributed by atoms with E-state index in [1.807, 2.05) is 51.1 Å². The fraction of sp³-hybridized carbons (Fsp3) is 0.294. The molecular formula is C17H18O2. The zero-order chi connectivity index (χ0) is 14.2. The average Bonchev–Trinajstić information content (AvgIpc) is 2.35. The first-order valence-electron chi connectivity index (χ1n) is 6.38. The summed E-state index contributed by atoms with van der Waals surface area (Å²) in [6, 6.07) is 11.2. The van der Waals surface area contributed by atoms with E-state index < -0.39 is 0 Å². The predicted molar refractivity (Wildman–Crippen MR) is 77.7 cm³/mol. The van der Waals surface area contributed by atoms with E-state index in [9.17, 15) is 9.59 Å². The highest BCUT2D eigenvalue weighted by atomic mass is 16.1. The van der Waals surface area contributed by atoms with E-state index in [-0.39, 0.29) is 17.0 Å². The minimum Gasteiger partial charge on any atom is -0.295 e. The fourth-order valence-electron chi connectivity index (χ4n) is 2.04. The maximum absolute atomic E-state index is 12.2. The molecule has 19 heavy (non-hydrogen) atoms. The molecule has 0 N–H and O–H groups in total. The van der Waals surface area contributed by atoms with E-state index in [1.54, 1.807) is 13.0 Å². The molecule has 0 aliphatic heterocycles. The van der Waals surface area contributed by atoms with Crippen LogP contribution in [0.2, 0.25) is 0 Å². The van der Waals surface area contributed by atoms with Crippen molar-refractivity contribution < 1.29 is 9.59 Å². The standard InChI is InChI=1S/C17H18O2/c1-11(18)12-5-6-14-10-15(8-7-13(14)9-12)16(19)17(2,3)4/h5-10H,1-4H3. The Morgan fingerprint density at radius 1 is 0.842 bits per heavy atom. The molecule has 2 heteroatoms. The lowest BCUT2D eigenvalue weighted by Crippen LogP contribution is -2.19. The van der Waals surface area contributed by atoms with Crippen LogP contribution in [-0.2, 0) is 0 Å². The lowest BCUT2D eigenvalue weighted by atomic mass is 9.86. The normalized spacial score (nSPS) is 11.6. The van der Waals surface area contributed by atoms with Gasteiger partial charge in [-0.3, -0.25) is 9.59 Å². The molecule has 0 heterocycles. The summed E-state index contributed by atoms with van der Waals surface area (Å²) >= 11 is 0. The third-order valence-corrected chi connectivity index (χ3v) is 3.19. The average molecular weight is 254 g/mol. The second-order valence-electron chi connectivity index (χ2n) is 5.91. The molecular weight excluding hydrogens is 236 g/mol. The number of hydrogen-bond acceptors (Lipinski definition) is 2. The van der Waals surface area contributed by atoms with Gasteiger partial charge in [-0.25, -0.2) is 0 Å². The molecule has 0 spiro atoms. The van der Waals surface area contributed by atoms with Gasteiger partial charge in [-0.2, -0.15) is 0 Å². The van der Waals surface area contributed by atoms with Gasteiger partial charge in [0.05, 0.1) is 0 Å². The van der Waals surface area contributed by atoms with Gasteiger partial charge in [-0.1, -0.05) is 45.0 Å². The Kier molecular flexibility index (Phi) is 3.27. The minimum atomic E-state index is -0.382. The van der Waals surface area contributed by atoms with Gasteiger partial charge in [-0.15, -0.1) is 0 Å². The van der Waals surface area contributed by atoms with Gasteiger partial charge in [-0.05, 0) is 29.8 Å². The largest absolute Gasteiger partial charge is 0.295 e. The fourth-order valence-corrected chi connectivity index (χ4v) is 2.04. The quantitative estimate of drug-likeness (QED) is 0.750. The second-order valence-corrected chi connectivity index (χ2v) is 5.91. The molecule has 0 aliphatic rings. The molecule has 2 aromatic rings. The Balaban J connectivity index is 2.51. The smallest absolute Gasteiger partial charge is 0.168 e. The molecule has 0 saturated carbocycles. The number of carbonyl (C=O) groups is 2. The van der Waals surface area contributed by atoms with Crippen molar-refractivity contribution in [3.63, 3.8) is 0 Å². The first-order valence-corrected chi connectivity index (χ1v) is 6.38. The molecule has 0 aromatic heterocycles. The highest BCUT2D eigenvalue weighted by Crippen LogP contribution is 2.24. The van der Waals surface area contributed by atoms with Gasteiger partial charge in [0.15, 0.2) is 11.6 Å². The molecule has 0 aliphatic carbocycles. The Morgan fingerprint density at radius 3 is 1.79 bits per heavy atom. The second kappa shape index (κ2) is 4.61. The lowest BCUT2D eigenvalue weighted by Gasteiger charge is -2.16. The van der Waals surface area contributed by atoms with Gasteiger partial charge in [0.2, 0.25) is 0 Å². The summed E-state index contributed by atoms with van der Waals surface area (Å²) in [4.78, 5) is 23.6. The van der Waals surface area contributed by atoms with Crippen LogP contribution in [0.4, 0.5) is 0 Å². The molecule has 0 saturated heterocycles. The number of carbonyl (C=O) groups excluding carboxylic acids is 2. The maximum atomic E-state index is 12.2. The summed E-state index contributed by atoms with van der Waals surface area (Å²) in [5, 5.41) is 1.97. The van der Waals surface area contributed by atoms with Crippen molar-refractivity contribution in [1.29, 1.82) is 0 Å². The number of fused-ring (bicyclic) bond motifs is 1. The van der Waals surface area contributed by atoms with E-state index in [1.165, 1.54) is 0 Å². The van der Waals surface area contributed by atoms with Crippen molar-refractivity contribution in [3.8, 4) is 0 Å². The lowest BCUT2D eigenvalue weighted by molar-refractivity contribution is 0.0858. The van der Waals surface area contributed by atoms with Crippen molar-refractivity contribution in [1.82, 2.24) is 0 Å². The Labute approximate surface area is 113 Å². The number of Topliss-reactive ketones (excluding diaryl/α,β-unsaturated/α-hetero) is 2. The molecule has 0 unspecified atom stereocenters. The highest BCUT2D eigenvalue weighted by Gasteiger charge is 2.22. The summed E-state index contributed by atoms with van der Waals surface area (Å²) in [6.07, 6.45) is 0. The summed E-state index contributed by atoms with van der Waals surface area (Å²) in [7, 11) is 0. The number of benzene rings is 2. The summed E-state index contributed by atoms with van der Waals surface area (Å²) in [5.41, 5.74) is 1.03. The van der Waals surface area contributed by atoms with Gasteiger partial charge >= 0.3 is 0 Å². The molecule has 2 rings (SSSR count). The van der Waals surface area contributed by atoms with E-state index in [0.29, 0.717) is 5.56 Å². The molecule has 0 bridgehead atoms. The molecule has 0 amide bonds. The predicted octanol–water partition coefficient (Wildman–Crippen LogP) is 4.27. The molecule has 0 radical (unpaired) electrons. The number of ketones is 2. The SMILES string of the molecule is CC(=O)c1ccc2cc(C(=O)C(C)(C)C)ccc2c1. The number of hydrogen-bond donors (Lipinski definition) is 0. The third kappa shape index (κ3) is 2.73. The van der Waals surface area contributed by atoms with Gasteiger partial charge in [0, 0.05) is 16.5 Å². The van der Waals surface area contributed by atoms with E-state index in [0.717, 1.165) is 16.3 Å². The van der Waals surface area contributed by atoms with Crippen LogP contribution in [0.3, 0.4) is 0 Å². The molecule has 2 nitrogen and oxygen atoms in total. The van der Waals surface area contributed by atoms with Crippen LogP contribution in [0.1, 0.15) is 48.4 Å². The van der Waals surface area contributed by atoms with Crippen LogP contribution in [0.15, 0.2) is 36.4 Å². The van der Waals surface area contributed by atoms with Crippen molar-refractivity contribution in [2.75, 3.05) is 0 Å². The topological polar surface area (TPSA) is 34.1 Å². The summed E-state index contributed by atoms with van der Waals surface area (Å²) in [5.74, 6) is 0.182. The van der Waals surface area contributed by atoms with Crippen molar-refractivity contribution in [2.24, 2.45) is 5.41 Å². The van der Waals surface area contributed by atoms with Crippen LogP contribution in [0.5, 0.6) is 0 Å². The van der Waals surface area contributed by atoms with Crippen LogP contribution in [-0.4, -0.2) is 11.6 Å². The first-order chi connectivity index (χ1) is 8.79. The number of rotatable bonds is 2. The third-order valence-electron chi connectivity index (χ3n) is 3.19. The van der Waals surface area contributed by atoms with E-state index >= 15 is 0 Å². The molecule has 0 fully saturated rings. The van der Waals surface area contributed by atoms with Gasteiger partial charge < -0.3 is 0 Å². The molecule has 98 valence electrons. The van der Waals surface area contributed by atoms with Crippen LogP contribution >= 0.6 is 0 Å². The van der Waals surface area contributed by atoms with Crippen LogP contribution < -0.4 is 0 Å². The van der Waals surface area contributed by atoms with Gasteiger partial charge in [0.25, 0.3) is 0 Å². The molecule has 0 atom stereocenters. The monoisotopic (exact) mass is 254 g/mol. The maximum Gasteiger partial charge on any atom is 0.168 e. The summed E-state index contributed by atoms with van der Waals surface area (Å²) in [6.45, 7) is 7.30. The zero-order valence-corrected chi connectivity index (χ0v) is 11.8. The van der Waals surface area contributed by atoms with Crippen molar-refractivity contribution in [3.05, 3.63) is 47.5 Å². The van der Waals surface area contributed by atoms with E-state index in [4.69, 9.17) is 0 Å². The van der Waals surface area contributed by atoms with Crippen LogP contribution in [0, 0.1) is 5.41 Å². The minimum absolute atomic E-state index is 0.0525. The Morgan fingerprint density at radius 2 is 1.32 bits per heavy atom. The Bertz CT molecular complexity index is 661. The first kappa shape index (κ1) is 13.5. The highest BCUT2D eigenvalue weighted by molar-refractivity contribution is 6.04. The zero-order valence-electron chi connectivity index (χ0n) is 11.8.